The van der Waals surface area contributed by atoms with Crippen LogP contribution in [0.15, 0.2) is 42.6 Å². The number of hydrogen-bond donors (Lipinski definition) is 2. The molecule has 0 bridgehead atoms. The van der Waals surface area contributed by atoms with Gasteiger partial charge in [0.05, 0.1) is 5.69 Å². The van der Waals surface area contributed by atoms with Gasteiger partial charge >= 0.3 is 0 Å². The number of halogens is 1. The second kappa shape index (κ2) is 6.33. The second-order valence-electron chi connectivity index (χ2n) is 5.23. The number of nitrogens with two attached hydrogens (primary N) is 1. The average molecular weight is 343 g/mol. The number of rotatable bonds is 4. The van der Waals surface area contributed by atoms with Gasteiger partial charge in [0.2, 0.25) is 5.91 Å². The van der Waals surface area contributed by atoms with Crippen molar-refractivity contribution >= 4 is 34.7 Å². The summed E-state index contributed by atoms with van der Waals surface area (Å²) in [5, 5.41) is 3.37. The maximum absolute atomic E-state index is 12.7. The van der Waals surface area contributed by atoms with Gasteiger partial charge in [-0.15, -0.1) is 0 Å². The molecule has 122 valence electrons. The lowest BCUT2D eigenvalue weighted by molar-refractivity contribution is 0.0997. The normalized spacial score (nSPS) is 10.8. The molecule has 2 heterocycles. The van der Waals surface area contributed by atoms with Crippen LogP contribution in [-0.4, -0.2) is 21.2 Å². The van der Waals surface area contributed by atoms with Gasteiger partial charge < -0.3 is 11.1 Å². The Bertz CT molecular complexity index is 932. The summed E-state index contributed by atoms with van der Waals surface area (Å²) in [5.41, 5.74) is 7.92. The highest BCUT2D eigenvalue weighted by molar-refractivity contribution is 6.30. The van der Waals surface area contributed by atoms with Gasteiger partial charge in [0.15, 0.2) is 0 Å². The number of nitrogens with zero attached hydrogens (tertiary/aromatic N) is 2. The van der Waals surface area contributed by atoms with E-state index in [1.807, 2.05) is 6.92 Å². The first-order chi connectivity index (χ1) is 11.5. The number of primary amides is 1. The number of anilines is 1. The van der Waals surface area contributed by atoms with Crippen LogP contribution in [0.25, 0.3) is 5.65 Å². The van der Waals surface area contributed by atoms with E-state index in [1.54, 1.807) is 47.0 Å². The molecule has 6 nitrogen and oxygen atoms in total. The first kappa shape index (κ1) is 16.0. The van der Waals surface area contributed by atoms with Crippen LogP contribution in [0.3, 0.4) is 0 Å². The zero-order chi connectivity index (χ0) is 17.3. The first-order valence-corrected chi connectivity index (χ1v) is 7.75. The molecule has 0 aliphatic heterocycles. The number of nitrogens with one attached hydrogen (secondary N) is 1. The van der Waals surface area contributed by atoms with Gasteiger partial charge in [0, 0.05) is 28.5 Å². The first-order valence-electron chi connectivity index (χ1n) is 7.37. The predicted octanol–water partition coefficient (Wildman–Crippen LogP) is 2.90. The lowest BCUT2D eigenvalue weighted by atomic mass is 10.2. The summed E-state index contributed by atoms with van der Waals surface area (Å²) in [6, 6.07) is 9.79. The number of benzene rings is 1. The number of carbonyl (C=O) groups is 2. The standard InChI is InChI=1S/C17H15ClN4O2/c1-2-13-15(22-8-7-11(18)9-14(22)21-13)17(24)20-12-5-3-10(4-6-12)16(19)23/h3-9H,2H2,1H3,(H2,19,23)(H,20,24). The molecule has 0 fully saturated rings. The smallest absolute Gasteiger partial charge is 0.274 e. The molecule has 3 N–H and O–H groups in total. The maximum atomic E-state index is 12.7. The Kier molecular flexibility index (Phi) is 4.22. The zero-order valence-corrected chi connectivity index (χ0v) is 13.7. The highest BCUT2D eigenvalue weighted by Gasteiger charge is 2.18. The molecule has 0 unspecified atom stereocenters. The fourth-order valence-electron chi connectivity index (χ4n) is 2.46. The van der Waals surface area contributed by atoms with Crippen molar-refractivity contribution in [3.05, 3.63) is 64.6 Å². The van der Waals surface area contributed by atoms with Crippen molar-refractivity contribution in [3.8, 4) is 0 Å². The van der Waals surface area contributed by atoms with Gasteiger partial charge in [-0.2, -0.15) is 0 Å². The molecule has 1 aromatic carbocycles. The van der Waals surface area contributed by atoms with E-state index in [0.29, 0.717) is 39.7 Å². The number of amides is 2. The van der Waals surface area contributed by atoms with Crippen molar-refractivity contribution < 1.29 is 9.59 Å². The van der Waals surface area contributed by atoms with Gasteiger partial charge in [-0.25, -0.2) is 4.98 Å². The van der Waals surface area contributed by atoms with E-state index in [4.69, 9.17) is 17.3 Å². The topological polar surface area (TPSA) is 89.5 Å². The van der Waals surface area contributed by atoms with E-state index < -0.39 is 5.91 Å². The van der Waals surface area contributed by atoms with Gasteiger partial charge in [0.1, 0.15) is 11.3 Å². The molecule has 2 aromatic heterocycles. The van der Waals surface area contributed by atoms with Gasteiger partial charge in [-0.1, -0.05) is 18.5 Å². The lowest BCUT2D eigenvalue weighted by Crippen LogP contribution is -2.16. The minimum absolute atomic E-state index is 0.284. The molecule has 2 amide bonds. The Balaban J connectivity index is 1.94. The maximum Gasteiger partial charge on any atom is 0.274 e. The number of fused-ring (bicyclic) bond motifs is 1. The third kappa shape index (κ3) is 2.96. The zero-order valence-electron chi connectivity index (χ0n) is 12.9. The van der Waals surface area contributed by atoms with Crippen LogP contribution in [0.1, 0.15) is 33.5 Å². The summed E-state index contributed by atoms with van der Waals surface area (Å²) in [5.74, 6) is -0.798. The van der Waals surface area contributed by atoms with Crippen molar-refractivity contribution in [2.24, 2.45) is 5.73 Å². The van der Waals surface area contributed by atoms with Crippen LogP contribution in [0, 0.1) is 0 Å². The minimum Gasteiger partial charge on any atom is -0.366 e. The van der Waals surface area contributed by atoms with Crippen molar-refractivity contribution in [2.75, 3.05) is 5.32 Å². The predicted molar refractivity (Wildman–Crippen MR) is 92.5 cm³/mol. The van der Waals surface area contributed by atoms with Gasteiger partial charge in [0.25, 0.3) is 5.91 Å². The van der Waals surface area contributed by atoms with E-state index in [9.17, 15) is 9.59 Å². The highest BCUT2D eigenvalue weighted by atomic mass is 35.5. The van der Waals surface area contributed by atoms with E-state index in [1.165, 1.54) is 0 Å². The van der Waals surface area contributed by atoms with E-state index in [0.717, 1.165) is 0 Å². The van der Waals surface area contributed by atoms with Gasteiger partial charge in [-0.3, -0.25) is 14.0 Å². The largest absolute Gasteiger partial charge is 0.366 e. The summed E-state index contributed by atoms with van der Waals surface area (Å²) in [4.78, 5) is 28.2. The van der Waals surface area contributed by atoms with Crippen LogP contribution < -0.4 is 11.1 Å². The summed E-state index contributed by atoms with van der Waals surface area (Å²) >= 11 is 5.98. The average Bonchev–Trinajstić information content (AvgIpc) is 2.92. The Morgan fingerprint density at radius 3 is 2.58 bits per heavy atom. The number of hydrogen-bond acceptors (Lipinski definition) is 3. The van der Waals surface area contributed by atoms with Crippen LogP contribution in [0.5, 0.6) is 0 Å². The number of carbonyl (C=O) groups excluding carboxylic acids is 2. The third-order valence-corrected chi connectivity index (χ3v) is 3.87. The number of pyridine rings is 1. The molecule has 3 aromatic rings. The fraction of sp³-hybridized carbons (Fsp3) is 0.118. The van der Waals surface area contributed by atoms with Crippen LogP contribution in [0.4, 0.5) is 5.69 Å². The molecular weight excluding hydrogens is 328 g/mol. The Labute approximate surface area is 143 Å². The SMILES string of the molecule is CCc1nc2cc(Cl)ccn2c1C(=O)Nc1ccc(C(N)=O)cc1. The molecule has 0 atom stereocenters. The number of aromatic nitrogens is 2. The Morgan fingerprint density at radius 2 is 1.96 bits per heavy atom. The van der Waals surface area contributed by atoms with Crippen molar-refractivity contribution in [1.82, 2.24) is 9.38 Å². The van der Waals surface area contributed by atoms with Crippen LogP contribution in [0.2, 0.25) is 5.02 Å². The van der Waals surface area contributed by atoms with Gasteiger partial charge in [-0.05, 0) is 36.8 Å². The second-order valence-corrected chi connectivity index (χ2v) is 5.67. The Morgan fingerprint density at radius 1 is 1.25 bits per heavy atom. The molecule has 0 aliphatic carbocycles. The summed E-state index contributed by atoms with van der Waals surface area (Å²) in [7, 11) is 0. The molecule has 0 radical (unpaired) electrons. The van der Waals surface area contributed by atoms with Crippen molar-refractivity contribution in [1.29, 1.82) is 0 Å². The Hall–Kier alpha value is -2.86. The van der Waals surface area contributed by atoms with Crippen molar-refractivity contribution in [3.63, 3.8) is 0 Å². The quantitative estimate of drug-likeness (QED) is 0.764. The molecule has 0 saturated heterocycles. The third-order valence-electron chi connectivity index (χ3n) is 3.64. The summed E-state index contributed by atoms with van der Waals surface area (Å²) in [6.45, 7) is 1.93. The summed E-state index contributed by atoms with van der Waals surface area (Å²) < 4.78 is 1.71. The van der Waals surface area contributed by atoms with Crippen LogP contribution >= 0.6 is 11.6 Å². The molecule has 0 spiro atoms. The number of imidazole rings is 1. The highest BCUT2D eigenvalue weighted by Crippen LogP contribution is 2.19. The molecule has 7 heteroatoms. The monoisotopic (exact) mass is 342 g/mol. The number of aryl methyl sites for hydroxylation is 1. The molecule has 3 rings (SSSR count). The lowest BCUT2D eigenvalue weighted by Gasteiger charge is -2.07. The minimum atomic E-state index is -0.514. The van der Waals surface area contributed by atoms with Crippen LogP contribution in [-0.2, 0) is 6.42 Å². The molecule has 0 aliphatic rings. The van der Waals surface area contributed by atoms with E-state index in [2.05, 4.69) is 10.3 Å². The summed E-state index contributed by atoms with van der Waals surface area (Å²) in [6.07, 6.45) is 2.33. The fourth-order valence-corrected chi connectivity index (χ4v) is 2.62. The van der Waals surface area contributed by atoms with E-state index >= 15 is 0 Å². The van der Waals surface area contributed by atoms with E-state index in [-0.39, 0.29) is 5.91 Å². The molecule has 24 heavy (non-hydrogen) atoms. The van der Waals surface area contributed by atoms with Crippen molar-refractivity contribution in [2.45, 2.75) is 13.3 Å². The molecular formula is C17H15ClN4O2. The molecule has 0 saturated carbocycles.